The van der Waals surface area contributed by atoms with E-state index >= 15 is 0 Å². The molecule has 2 heteroatoms. The number of hydrogen-bond donors (Lipinski definition) is 1. The van der Waals surface area contributed by atoms with Gasteiger partial charge in [0.2, 0.25) is 0 Å². The van der Waals surface area contributed by atoms with Crippen molar-refractivity contribution in [1.29, 1.82) is 0 Å². The molecule has 0 aliphatic rings. The Labute approximate surface area is 84.6 Å². The molecule has 0 saturated heterocycles. The van der Waals surface area contributed by atoms with Crippen LogP contribution in [0.5, 0.6) is 0 Å². The SMILES string of the molecule is C=CC(NCC)c1ccc(F)c(C)c1. The van der Waals surface area contributed by atoms with Crippen molar-refractivity contribution in [3.63, 3.8) is 0 Å². The quantitative estimate of drug-likeness (QED) is 0.725. The van der Waals surface area contributed by atoms with Gasteiger partial charge in [-0.2, -0.15) is 0 Å². The Hall–Kier alpha value is -1.15. The smallest absolute Gasteiger partial charge is 0.126 e. The summed E-state index contributed by atoms with van der Waals surface area (Å²) >= 11 is 0. The summed E-state index contributed by atoms with van der Waals surface area (Å²) in [5.74, 6) is -0.159. The van der Waals surface area contributed by atoms with Gasteiger partial charge in [0.1, 0.15) is 5.82 Å². The molecule has 0 aliphatic carbocycles. The summed E-state index contributed by atoms with van der Waals surface area (Å²) in [5, 5.41) is 3.25. The molecule has 0 spiro atoms. The molecule has 0 radical (unpaired) electrons. The van der Waals surface area contributed by atoms with Crippen LogP contribution in [0.25, 0.3) is 0 Å². The number of halogens is 1. The molecule has 0 aliphatic heterocycles. The molecule has 0 amide bonds. The first-order chi connectivity index (χ1) is 6.69. The van der Waals surface area contributed by atoms with Crippen molar-refractivity contribution >= 4 is 0 Å². The Morgan fingerprint density at radius 1 is 1.57 bits per heavy atom. The predicted octanol–water partition coefficient (Wildman–Crippen LogP) is 2.97. The Balaban J connectivity index is 2.93. The van der Waals surface area contributed by atoms with E-state index in [0.717, 1.165) is 12.1 Å². The van der Waals surface area contributed by atoms with Gasteiger partial charge in [-0.1, -0.05) is 25.1 Å². The lowest BCUT2D eigenvalue weighted by Gasteiger charge is -2.14. The van der Waals surface area contributed by atoms with Gasteiger partial charge in [0.05, 0.1) is 6.04 Å². The Morgan fingerprint density at radius 3 is 2.79 bits per heavy atom. The van der Waals surface area contributed by atoms with E-state index < -0.39 is 0 Å². The van der Waals surface area contributed by atoms with E-state index in [1.165, 1.54) is 6.07 Å². The van der Waals surface area contributed by atoms with Gasteiger partial charge in [-0.3, -0.25) is 0 Å². The molecule has 1 rings (SSSR count). The zero-order chi connectivity index (χ0) is 10.6. The van der Waals surface area contributed by atoms with E-state index in [2.05, 4.69) is 11.9 Å². The highest BCUT2D eigenvalue weighted by molar-refractivity contribution is 5.28. The molecular formula is C12H16FN. The van der Waals surface area contributed by atoms with Gasteiger partial charge in [0.15, 0.2) is 0 Å². The van der Waals surface area contributed by atoms with Gasteiger partial charge in [0.25, 0.3) is 0 Å². The van der Waals surface area contributed by atoms with Crippen LogP contribution in [0.1, 0.15) is 24.1 Å². The monoisotopic (exact) mass is 193 g/mol. The van der Waals surface area contributed by atoms with Crippen LogP contribution in [0.15, 0.2) is 30.9 Å². The van der Waals surface area contributed by atoms with Crippen molar-refractivity contribution in [2.24, 2.45) is 0 Å². The van der Waals surface area contributed by atoms with E-state index in [0.29, 0.717) is 5.56 Å². The highest BCUT2D eigenvalue weighted by Crippen LogP contribution is 2.17. The summed E-state index contributed by atoms with van der Waals surface area (Å²) in [7, 11) is 0. The van der Waals surface area contributed by atoms with E-state index in [1.807, 2.05) is 19.1 Å². The van der Waals surface area contributed by atoms with Crippen molar-refractivity contribution in [2.45, 2.75) is 19.9 Å². The van der Waals surface area contributed by atoms with Crippen LogP contribution >= 0.6 is 0 Å². The second-order valence-corrected chi connectivity index (χ2v) is 3.28. The van der Waals surface area contributed by atoms with Gasteiger partial charge in [-0.05, 0) is 30.7 Å². The average Bonchev–Trinajstić information content (AvgIpc) is 2.19. The fourth-order valence-electron chi connectivity index (χ4n) is 1.42. The van der Waals surface area contributed by atoms with Gasteiger partial charge in [0, 0.05) is 0 Å². The van der Waals surface area contributed by atoms with E-state index in [4.69, 9.17) is 0 Å². The molecule has 0 fully saturated rings. The number of aryl methyl sites for hydroxylation is 1. The minimum Gasteiger partial charge on any atom is -0.307 e. The number of benzene rings is 1. The maximum Gasteiger partial charge on any atom is 0.126 e. The number of likely N-dealkylation sites (N-methyl/N-ethyl adjacent to an activating group) is 1. The average molecular weight is 193 g/mol. The fourth-order valence-corrected chi connectivity index (χ4v) is 1.42. The molecule has 1 atom stereocenters. The lowest BCUT2D eigenvalue weighted by atomic mass is 10.0. The van der Waals surface area contributed by atoms with Crippen molar-refractivity contribution < 1.29 is 4.39 Å². The maximum absolute atomic E-state index is 13.0. The fraction of sp³-hybridized carbons (Fsp3) is 0.333. The number of nitrogens with one attached hydrogen (secondary N) is 1. The van der Waals surface area contributed by atoms with Crippen LogP contribution in [-0.2, 0) is 0 Å². The molecule has 1 aromatic carbocycles. The zero-order valence-electron chi connectivity index (χ0n) is 8.68. The third kappa shape index (κ3) is 2.42. The van der Waals surface area contributed by atoms with Crippen molar-refractivity contribution in [1.82, 2.24) is 5.32 Å². The Morgan fingerprint density at radius 2 is 2.29 bits per heavy atom. The first-order valence-electron chi connectivity index (χ1n) is 4.81. The summed E-state index contributed by atoms with van der Waals surface area (Å²) < 4.78 is 13.0. The van der Waals surface area contributed by atoms with Gasteiger partial charge in [-0.15, -0.1) is 6.58 Å². The van der Waals surface area contributed by atoms with Crippen molar-refractivity contribution in [3.8, 4) is 0 Å². The summed E-state index contributed by atoms with van der Waals surface area (Å²) in [4.78, 5) is 0. The molecule has 1 aromatic rings. The molecule has 1 nitrogen and oxygen atoms in total. The summed E-state index contributed by atoms with van der Waals surface area (Å²) in [6.45, 7) is 8.42. The molecule has 1 N–H and O–H groups in total. The minimum atomic E-state index is -0.159. The molecule has 0 heterocycles. The second-order valence-electron chi connectivity index (χ2n) is 3.28. The minimum absolute atomic E-state index is 0.110. The lowest BCUT2D eigenvalue weighted by molar-refractivity contribution is 0.611. The van der Waals surface area contributed by atoms with Crippen LogP contribution in [0.3, 0.4) is 0 Å². The van der Waals surface area contributed by atoms with E-state index in [1.54, 1.807) is 13.0 Å². The summed E-state index contributed by atoms with van der Waals surface area (Å²) in [6, 6.07) is 5.25. The highest BCUT2D eigenvalue weighted by atomic mass is 19.1. The van der Waals surface area contributed by atoms with Gasteiger partial charge < -0.3 is 5.32 Å². The standard InChI is InChI=1S/C12H16FN/c1-4-12(14-5-2)10-6-7-11(13)9(3)8-10/h4,6-8,12,14H,1,5H2,2-3H3. The van der Waals surface area contributed by atoms with Gasteiger partial charge >= 0.3 is 0 Å². The second kappa shape index (κ2) is 4.91. The topological polar surface area (TPSA) is 12.0 Å². The first kappa shape index (κ1) is 10.9. The Bertz CT molecular complexity index is 320. The zero-order valence-corrected chi connectivity index (χ0v) is 8.68. The third-order valence-electron chi connectivity index (χ3n) is 2.20. The number of hydrogen-bond acceptors (Lipinski definition) is 1. The van der Waals surface area contributed by atoms with Crippen LogP contribution in [0.2, 0.25) is 0 Å². The number of rotatable bonds is 4. The lowest BCUT2D eigenvalue weighted by Crippen LogP contribution is -2.18. The van der Waals surface area contributed by atoms with Crippen LogP contribution < -0.4 is 5.32 Å². The normalized spacial score (nSPS) is 12.5. The molecule has 0 saturated carbocycles. The van der Waals surface area contributed by atoms with Crippen molar-refractivity contribution in [2.75, 3.05) is 6.54 Å². The van der Waals surface area contributed by atoms with Gasteiger partial charge in [-0.25, -0.2) is 4.39 Å². The largest absolute Gasteiger partial charge is 0.307 e. The van der Waals surface area contributed by atoms with E-state index in [9.17, 15) is 4.39 Å². The molecule has 1 unspecified atom stereocenters. The highest BCUT2D eigenvalue weighted by Gasteiger charge is 2.06. The molecular weight excluding hydrogens is 177 g/mol. The summed E-state index contributed by atoms with van der Waals surface area (Å²) in [6.07, 6.45) is 1.83. The maximum atomic E-state index is 13.0. The van der Waals surface area contributed by atoms with E-state index in [-0.39, 0.29) is 11.9 Å². The Kier molecular flexibility index (Phi) is 3.84. The summed E-state index contributed by atoms with van der Waals surface area (Å²) in [5.41, 5.74) is 1.73. The predicted molar refractivity (Wildman–Crippen MR) is 57.8 cm³/mol. The molecule has 76 valence electrons. The molecule has 0 aromatic heterocycles. The van der Waals surface area contributed by atoms with Crippen LogP contribution in [0, 0.1) is 12.7 Å². The molecule has 14 heavy (non-hydrogen) atoms. The van der Waals surface area contributed by atoms with Crippen molar-refractivity contribution in [3.05, 3.63) is 47.8 Å². The third-order valence-corrected chi connectivity index (χ3v) is 2.20. The molecule has 0 bridgehead atoms. The van der Waals surface area contributed by atoms with Crippen LogP contribution in [0.4, 0.5) is 4.39 Å². The van der Waals surface area contributed by atoms with Crippen LogP contribution in [-0.4, -0.2) is 6.54 Å². The first-order valence-corrected chi connectivity index (χ1v) is 4.81.